The van der Waals surface area contributed by atoms with Gasteiger partial charge in [-0.1, -0.05) is 11.2 Å². The summed E-state index contributed by atoms with van der Waals surface area (Å²) >= 11 is 3.67. The van der Waals surface area contributed by atoms with Crippen molar-refractivity contribution in [3.8, 4) is 0 Å². The summed E-state index contributed by atoms with van der Waals surface area (Å²) in [6.45, 7) is 0. The van der Waals surface area contributed by atoms with Crippen molar-refractivity contribution in [1.29, 1.82) is 0 Å². The van der Waals surface area contributed by atoms with Crippen molar-refractivity contribution < 1.29 is 54.3 Å². The summed E-state index contributed by atoms with van der Waals surface area (Å²) in [5, 5.41) is 27.5. The number of nitrogens with zero attached hydrogens (tertiary/aromatic N) is 4. The second-order valence-electron chi connectivity index (χ2n) is 7.09. The molecule has 178 valence electrons. The van der Waals surface area contributed by atoms with Crippen LogP contribution in [0.25, 0.3) is 0 Å². The number of oxime groups is 1. The number of β-lactam (4-membered cyclic amide) rings is 1. The molecule has 6 N–H and O–H groups in total. The first-order valence-electron chi connectivity index (χ1n) is 9.77. The summed E-state index contributed by atoms with van der Waals surface area (Å²) in [6, 6.07) is 4.30. The molecule has 4 rings (SSSR count). The summed E-state index contributed by atoms with van der Waals surface area (Å²) in [4.78, 5) is 46.9. The second kappa shape index (κ2) is 11.6. The zero-order chi connectivity index (χ0) is 24.4. The van der Waals surface area contributed by atoms with Crippen molar-refractivity contribution >= 4 is 69.3 Å². The van der Waals surface area contributed by atoms with E-state index in [0.717, 1.165) is 21.9 Å². The molecule has 4 heterocycles. The van der Waals surface area contributed by atoms with Crippen LogP contribution in [-0.4, -0.2) is 66.5 Å². The van der Waals surface area contributed by atoms with Crippen LogP contribution in [0.2, 0.25) is 0 Å². The average molecular weight is 544 g/mol. The Kier molecular flexibility index (Phi) is 9.06. The number of nitrogens with one attached hydrogen (secondary N) is 1. The summed E-state index contributed by atoms with van der Waals surface area (Å²) in [6.07, 6.45) is 0.560. The molecule has 1 fully saturated rings. The van der Waals surface area contributed by atoms with E-state index in [1.54, 1.807) is 12.1 Å². The van der Waals surface area contributed by atoms with Gasteiger partial charge in [0.1, 0.15) is 22.9 Å². The number of carbonyl (C=O) groups is 3. The number of hydrogen-bond acceptors (Lipinski definition) is 13. The molecule has 0 bridgehead atoms. The van der Waals surface area contributed by atoms with Crippen molar-refractivity contribution in [2.24, 2.45) is 5.16 Å². The minimum atomic E-state index is -1.47. The Balaban J connectivity index is 0.00000342. The average Bonchev–Trinajstić information content (AvgIpc) is 3.23. The van der Waals surface area contributed by atoms with Gasteiger partial charge in [-0.15, -0.1) is 34.9 Å². The number of aliphatic carboxylic acids is 1. The fourth-order valence-electron chi connectivity index (χ4n) is 3.43. The van der Waals surface area contributed by atoms with E-state index in [-0.39, 0.29) is 46.1 Å². The number of anilines is 2. The molecule has 0 aromatic carbocycles. The Morgan fingerprint density at radius 3 is 2.74 bits per heavy atom. The fraction of sp³-hybridized carbons (Fsp3) is 0.263. The van der Waals surface area contributed by atoms with Crippen LogP contribution in [0.5, 0.6) is 0 Å². The molecule has 2 atom stereocenters. The van der Waals surface area contributed by atoms with Gasteiger partial charge < -0.3 is 31.9 Å². The monoisotopic (exact) mass is 543 g/mol. The normalized spacial score (nSPS) is 19.5. The first-order chi connectivity index (χ1) is 16.3. The van der Waals surface area contributed by atoms with Gasteiger partial charge in [0.05, 0.1) is 11.7 Å². The maximum Gasteiger partial charge on any atom is 1.00 e. The maximum atomic E-state index is 12.8. The molecule has 12 nitrogen and oxygen atoms in total. The largest absolute Gasteiger partial charge is 1.00 e. The molecule has 0 spiro atoms. The molecule has 2 amide bonds. The Bertz CT molecular complexity index is 1220. The van der Waals surface area contributed by atoms with Crippen molar-refractivity contribution in [2.75, 3.05) is 23.0 Å². The van der Waals surface area contributed by atoms with E-state index in [2.05, 4.69) is 20.4 Å². The van der Waals surface area contributed by atoms with Gasteiger partial charge in [0.2, 0.25) is 0 Å². The molecule has 2 aromatic rings. The number of carbonyl (C=O) groups excluding carboxylic acids is 3. The summed E-state index contributed by atoms with van der Waals surface area (Å²) in [5.41, 5.74) is 11.5. The molecule has 0 aliphatic carbocycles. The minimum absolute atomic E-state index is 0. The van der Waals surface area contributed by atoms with Gasteiger partial charge in [-0.3, -0.25) is 14.5 Å². The van der Waals surface area contributed by atoms with Crippen molar-refractivity contribution in [2.45, 2.75) is 17.8 Å². The number of thiazole rings is 1. The van der Waals surface area contributed by atoms with Gasteiger partial charge in [0.25, 0.3) is 11.8 Å². The molecule has 0 radical (unpaired) electrons. The van der Waals surface area contributed by atoms with Gasteiger partial charge >= 0.3 is 29.6 Å². The van der Waals surface area contributed by atoms with Crippen molar-refractivity contribution in [3.63, 3.8) is 0 Å². The van der Waals surface area contributed by atoms with Gasteiger partial charge in [-0.2, -0.15) is 0 Å². The Labute approximate surface area is 233 Å². The molecule has 0 unspecified atom stereocenters. The van der Waals surface area contributed by atoms with E-state index < -0.39 is 34.9 Å². The van der Waals surface area contributed by atoms with Gasteiger partial charge in [-0.25, -0.2) is 9.97 Å². The van der Waals surface area contributed by atoms with Crippen molar-refractivity contribution in [3.05, 3.63) is 45.6 Å². The van der Waals surface area contributed by atoms with Crippen LogP contribution in [0.4, 0.5) is 10.9 Å². The number of carboxylic acids is 1. The number of pyridine rings is 1. The molecule has 2 aliphatic heterocycles. The van der Waals surface area contributed by atoms with E-state index >= 15 is 0 Å². The number of thioether (sulfide) groups is 2. The maximum absolute atomic E-state index is 12.8. The second-order valence-corrected chi connectivity index (χ2v) is 10.3. The van der Waals surface area contributed by atoms with Crippen LogP contribution in [-0.2, 0) is 20.8 Å². The topological polar surface area (TPSA) is 200 Å². The van der Waals surface area contributed by atoms with E-state index in [4.69, 9.17) is 11.5 Å². The third kappa shape index (κ3) is 5.76. The quantitative estimate of drug-likeness (QED) is 0.0837. The van der Waals surface area contributed by atoms with Gasteiger partial charge in [0.15, 0.2) is 10.8 Å². The number of aromatic nitrogens is 2. The number of nitrogen functional groups attached to an aromatic ring is 2. The van der Waals surface area contributed by atoms with Crippen LogP contribution >= 0.6 is 34.9 Å². The van der Waals surface area contributed by atoms with Crippen LogP contribution in [0.1, 0.15) is 11.4 Å². The molecule has 2 aliphatic rings. The SMILES string of the molecule is Nc1cccc(CCSC2=C(C(=O)[O-])N3C(=O)[C@@H](NC(=O)/C(=N\O)c4csc(N)n4)[C@H]3SC2)n1.[Na+]. The summed E-state index contributed by atoms with van der Waals surface area (Å²) < 4.78 is 0. The van der Waals surface area contributed by atoms with E-state index in [1.165, 1.54) is 28.9 Å². The number of nitrogens with two attached hydrogens (primary N) is 2. The molecule has 16 heteroatoms. The number of hydrogen-bond donors (Lipinski definition) is 4. The van der Waals surface area contributed by atoms with E-state index in [1.807, 2.05) is 6.07 Å². The standard InChI is InChI=1S/C19H19N7O5S3.Na/c20-11-3-1-2-8(22-11)4-5-32-10-7-33-17-13(16(28)26(17)14(10)18(29)30)24-15(27)12(25-31)9-6-34-19(21)23-9;/h1-3,6,13,17,31H,4-5,7H2,(H2,20,22)(H2,21,23)(H,24,27)(H,29,30);/q;+1/p-1/b25-12-;/t13-,17-;/m1./s1. The smallest absolute Gasteiger partial charge is 0.543 e. The van der Waals surface area contributed by atoms with Gasteiger partial charge in [-0.05, 0) is 18.6 Å². The first-order valence-corrected chi connectivity index (χ1v) is 12.7. The number of amides is 2. The van der Waals surface area contributed by atoms with Gasteiger partial charge in [0, 0.05) is 27.5 Å². The zero-order valence-corrected chi connectivity index (χ0v) is 22.8. The Morgan fingerprint density at radius 2 is 2.11 bits per heavy atom. The Hall–Kier alpha value is -2.30. The van der Waals surface area contributed by atoms with E-state index in [9.17, 15) is 24.7 Å². The zero-order valence-electron chi connectivity index (χ0n) is 18.3. The molecule has 0 saturated carbocycles. The number of fused-ring (bicyclic) bond motifs is 1. The molecule has 35 heavy (non-hydrogen) atoms. The van der Waals surface area contributed by atoms with Crippen LogP contribution in [0.3, 0.4) is 0 Å². The number of rotatable bonds is 8. The third-order valence-electron chi connectivity index (χ3n) is 4.96. The molecular weight excluding hydrogens is 525 g/mol. The van der Waals surface area contributed by atoms with Crippen LogP contribution in [0, 0.1) is 0 Å². The number of carboxylic acid groups (broad SMARTS) is 1. The van der Waals surface area contributed by atoms with Crippen LogP contribution in [0.15, 0.2) is 39.3 Å². The van der Waals surface area contributed by atoms with Crippen molar-refractivity contribution in [1.82, 2.24) is 20.2 Å². The first kappa shape index (κ1) is 27.3. The summed E-state index contributed by atoms with van der Waals surface area (Å²) in [7, 11) is 0. The predicted molar refractivity (Wildman–Crippen MR) is 127 cm³/mol. The molecule has 2 aromatic heterocycles. The molecule has 1 saturated heterocycles. The van der Waals surface area contributed by atoms with Crippen LogP contribution < -0.4 is 51.4 Å². The predicted octanol–water partition coefficient (Wildman–Crippen LogP) is -3.78. The minimum Gasteiger partial charge on any atom is -0.543 e. The Morgan fingerprint density at radius 1 is 1.34 bits per heavy atom. The third-order valence-corrected chi connectivity index (χ3v) is 8.19. The summed E-state index contributed by atoms with van der Waals surface area (Å²) in [5.74, 6) is -1.65. The number of aryl methyl sites for hydroxylation is 1. The fourth-order valence-corrected chi connectivity index (χ4v) is 6.58. The molecular formula is C19H18N7NaO5S3. The van der Waals surface area contributed by atoms with E-state index in [0.29, 0.717) is 28.6 Å².